The van der Waals surface area contributed by atoms with Gasteiger partial charge in [-0.2, -0.15) is 0 Å². The normalized spacial score (nSPS) is 11.6. The molecule has 126 valence electrons. The zero-order valence-electron chi connectivity index (χ0n) is 13.9. The highest BCUT2D eigenvalue weighted by Crippen LogP contribution is 2.09. The molecule has 1 unspecified atom stereocenters. The number of rotatable bonds is 9. The molecule has 0 aliphatic heterocycles. The van der Waals surface area contributed by atoms with Crippen molar-refractivity contribution >= 4 is 5.97 Å². The number of aliphatic hydroxyl groups excluding tert-OH is 1. The van der Waals surface area contributed by atoms with Crippen LogP contribution in [0.2, 0.25) is 0 Å². The van der Waals surface area contributed by atoms with Gasteiger partial charge in [0.15, 0.2) is 0 Å². The molecule has 0 saturated heterocycles. The Bertz CT molecular complexity index is 468. The van der Waals surface area contributed by atoms with Crippen LogP contribution in [0.4, 0.5) is 0 Å². The topological polar surface area (TPSA) is 60.4 Å². The van der Waals surface area contributed by atoms with Crippen LogP contribution in [0.25, 0.3) is 0 Å². The van der Waals surface area contributed by atoms with Crippen molar-refractivity contribution in [3.63, 3.8) is 0 Å². The molecule has 4 heteroatoms. The van der Waals surface area contributed by atoms with E-state index in [0.717, 1.165) is 24.1 Å². The second kappa shape index (κ2) is 11.4. The van der Waals surface area contributed by atoms with Crippen molar-refractivity contribution in [2.45, 2.75) is 13.0 Å². The molecule has 1 N–H and O–H groups in total. The molecule has 23 heavy (non-hydrogen) atoms. The molecule has 0 aromatic heterocycles. The van der Waals surface area contributed by atoms with Crippen LogP contribution in [0.15, 0.2) is 68.3 Å². The number of aliphatic hydroxyl groups is 1. The van der Waals surface area contributed by atoms with Crippen molar-refractivity contribution in [2.75, 3.05) is 26.2 Å². The highest BCUT2D eigenvalue weighted by molar-refractivity contribution is 5.85. The van der Waals surface area contributed by atoms with E-state index in [9.17, 15) is 15.0 Å². The minimum Gasteiger partial charge on any atom is -0.545 e. The number of carbonyl (C=O) groups is 1. The summed E-state index contributed by atoms with van der Waals surface area (Å²) < 4.78 is 0.758. The van der Waals surface area contributed by atoms with E-state index < -0.39 is 5.97 Å². The van der Waals surface area contributed by atoms with Gasteiger partial charge in [-0.05, 0) is 30.7 Å². The fourth-order valence-electron chi connectivity index (χ4n) is 2.40. The van der Waals surface area contributed by atoms with Crippen molar-refractivity contribution < 1.29 is 19.5 Å². The highest BCUT2D eigenvalue weighted by atomic mass is 16.4. The fourth-order valence-corrected chi connectivity index (χ4v) is 2.40. The van der Waals surface area contributed by atoms with Gasteiger partial charge < -0.3 is 19.5 Å². The van der Waals surface area contributed by atoms with Crippen molar-refractivity contribution in [3.8, 4) is 0 Å². The Morgan fingerprint density at radius 2 is 1.57 bits per heavy atom. The second-order valence-corrected chi connectivity index (χ2v) is 5.44. The maximum absolute atomic E-state index is 10.1. The largest absolute Gasteiger partial charge is 0.545 e. The third-order valence-electron chi connectivity index (χ3n) is 3.21. The maximum Gasteiger partial charge on any atom is 0.105 e. The summed E-state index contributed by atoms with van der Waals surface area (Å²) >= 11 is 0. The van der Waals surface area contributed by atoms with Gasteiger partial charge in [0.1, 0.15) is 12.6 Å². The van der Waals surface area contributed by atoms with Crippen molar-refractivity contribution in [2.24, 2.45) is 0 Å². The first-order valence-electron chi connectivity index (χ1n) is 7.53. The molecule has 0 aliphatic carbocycles. The van der Waals surface area contributed by atoms with Crippen LogP contribution in [0.1, 0.15) is 17.3 Å². The maximum atomic E-state index is 10.1. The van der Waals surface area contributed by atoms with Gasteiger partial charge in [0, 0.05) is 0 Å². The van der Waals surface area contributed by atoms with Crippen LogP contribution in [0.3, 0.4) is 0 Å². The third kappa shape index (κ3) is 8.76. The van der Waals surface area contributed by atoms with Gasteiger partial charge in [-0.1, -0.05) is 50.1 Å². The van der Waals surface area contributed by atoms with E-state index in [4.69, 9.17) is 0 Å². The number of aromatic carboxylic acids is 1. The molecule has 0 bridgehead atoms. The number of benzene rings is 1. The lowest BCUT2D eigenvalue weighted by molar-refractivity contribution is -0.914. The average molecular weight is 317 g/mol. The average Bonchev–Trinajstić information content (AvgIpc) is 2.49. The van der Waals surface area contributed by atoms with Crippen LogP contribution < -0.4 is 5.11 Å². The van der Waals surface area contributed by atoms with Crippen LogP contribution in [-0.2, 0) is 0 Å². The van der Waals surface area contributed by atoms with Gasteiger partial charge in [0.2, 0.25) is 0 Å². The Morgan fingerprint density at radius 3 is 1.83 bits per heavy atom. The summed E-state index contributed by atoms with van der Waals surface area (Å²) in [6.07, 6.45) is 5.34. The first-order valence-corrected chi connectivity index (χ1v) is 7.53. The Labute approximate surface area is 139 Å². The van der Waals surface area contributed by atoms with Crippen LogP contribution in [0.5, 0.6) is 0 Å². The number of carboxylic acids is 1. The molecule has 1 aromatic rings. The molecular formula is C19H27NO3. The smallest absolute Gasteiger partial charge is 0.105 e. The number of carboxylic acid groups (broad SMARTS) is 1. The first-order chi connectivity index (χ1) is 10.9. The lowest BCUT2D eigenvalue weighted by atomic mass is 10.2. The quantitative estimate of drug-likeness (QED) is 0.558. The zero-order chi connectivity index (χ0) is 17.7. The lowest BCUT2D eigenvalue weighted by Gasteiger charge is -2.37. The molecule has 0 fully saturated rings. The van der Waals surface area contributed by atoms with Gasteiger partial charge in [0.05, 0.1) is 25.6 Å². The number of hydrogen-bond acceptors (Lipinski definition) is 3. The van der Waals surface area contributed by atoms with Gasteiger partial charge in [0.25, 0.3) is 0 Å². The fraction of sp³-hybridized carbons (Fsp3) is 0.316. The summed E-state index contributed by atoms with van der Waals surface area (Å²) in [7, 11) is 0. The number of nitrogens with zero attached hydrogens (tertiary/aromatic N) is 1. The van der Waals surface area contributed by atoms with E-state index in [2.05, 4.69) is 19.7 Å². The standard InChI is InChI=1S/C12H22NO.C7H6O2/c1-5-8-13(9-6-2,10-7-3)11-12(4)14;8-7(9)6-4-2-1-3-5-6/h5-7,12,14H,1-3,8-11H2,4H3;1-5H,(H,8,9)/q+1;/p-1. The van der Waals surface area contributed by atoms with Crippen LogP contribution in [0, 0.1) is 0 Å². The predicted octanol–water partition coefficient (Wildman–Crippen LogP) is 1.79. The summed E-state index contributed by atoms with van der Waals surface area (Å²) in [6.45, 7) is 16.3. The minimum atomic E-state index is -1.13. The predicted molar refractivity (Wildman–Crippen MR) is 92.8 cm³/mol. The molecule has 1 atom stereocenters. The molecule has 0 spiro atoms. The van der Waals surface area contributed by atoms with Gasteiger partial charge in [-0.25, -0.2) is 0 Å². The second-order valence-electron chi connectivity index (χ2n) is 5.44. The number of carbonyl (C=O) groups excluding carboxylic acids is 1. The first kappa shape index (κ1) is 20.8. The molecule has 0 aliphatic rings. The van der Waals surface area contributed by atoms with E-state index in [1.165, 1.54) is 12.1 Å². The molecule has 0 radical (unpaired) electrons. The van der Waals surface area contributed by atoms with E-state index in [1.807, 2.05) is 25.2 Å². The third-order valence-corrected chi connectivity index (χ3v) is 3.21. The van der Waals surface area contributed by atoms with Gasteiger partial charge in [-0.3, -0.25) is 0 Å². The summed E-state index contributed by atoms with van der Waals surface area (Å²) in [5.41, 5.74) is 0.220. The monoisotopic (exact) mass is 317 g/mol. The summed E-state index contributed by atoms with van der Waals surface area (Å²) in [5, 5.41) is 19.5. The molecule has 0 heterocycles. The Kier molecular flexibility index (Phi) is 10.3. The number of hydrogen-bond donors (Lipinski definition) is 1. The van der Waals surface area contributed by atoms with E-state index in [-0.39, 0.29) is 11.7 Å². The Morgan fingerprint density at radius 1 is 1.13 bits per heavy atom. The molecule has 4 nitrogen and oxygen atoms in total. The Balaban J connectivity index is 0.000000459. The van der Waals surface area contributed by atoms with Crippen molar-refractivity contribution in [1.29, 1.82) is 0 Å². The van der Waals surface area contributed by atoms with E-state index in [1.54, 1.807) is 18.2 Å². The van der Waals surface area contributed by atoms with Crippen LogP contribution in [-0.4, -0.2) is 47.8 Å². The van der Waals surface area contributed by atoms with E-state index >= 15 is 0 Å². The molecule has 1 rings (SSSR count). The SMILES string of the molecule is C=CC[N+](CC=C)(CC=C)CC(C)O.O=C([O-])c1ccccc1. The minimum absolute atomic E-state index is 0.220. The van der Waals surface area contributed by atoms with Gasteiger partial charge >= 0.3 is 0 Å². The van der Waals surface area contributed by atoms with Crippen molar-refractivity contribution in [3.05, 3.63) is 73.9 Å². The molecule has 1 aromatic carbocycles. The summed E-state index contributed by atoms with van der Waals surface area (Å²) in [6, 6.07) is 8.06. The Hall–Kier alpha value is -2.17. The molecular weight excluding hydrogens is 290 g/mol. The summed E-state index contributed by atoms with van der Waals surface area (Å²) in [4.78, 5) is 10.1. The molecule has 0 amide bonds. The lowest BCUT2D eigenvalue weighted by Crippen LogP contribution is -2.52. The zero-order valence-corrected chi connectivity index (χ0v) is 13.9. The highest BCUT2D eigenvalue weighted by Gasteiger charge is 2.24. The molecule has 0 saturated carbocycles. The summed E-state index contributed by atoms with van der Waals surface area (Å²) in [5.74, 6) is -1.13. The number of quaternary nitrogens is 1. The van der Waals surface area contributed by atoms with Gasteiger partial charge in [-0.15, -0.1) is 0 Å². The van der Waals surface area contributed by atoms with Crippen molar-refractivity contribution in [1.82, 2.24) is 0 Å². The van der Waals surface area contributed by atoms with Crippen LogP contribution >= 0.6 is 0 Å². The van der Waals surface area contributed by atoms with E-state index in [0.29, 0.717) is 6.54 Å².